The number of thioether (sulfide) groups is 1. The Labute approximate surface area is 279 Å². The molecule has 0 saturated heterocycles. The van der Waals surface area contributed by atoms with Gasteiger partial charge in [-0.1, -0.05) is 43.8 Å². The first-order valence-electron chi connectivity index (χ1n) is 15.3. The molecule has 0 spiro atoms. The van der Waals surface area contributed by atoms with E-state index in [9.17, 15) is 18.0 Å². The molecule has 14 heteroatoms. The van der Waals surface area contributed by atoms with E-state index in [0.717, 1.165) is 24.1 Å². The van der Waals surface area contributed by atoms with Crippen LogP contribution in [0.1, 0.15) is 42.0 Å². The third kappa shape index (κ3) is 7.29. The summed E-state index contributed by atoms with van der Waals surface area (Å²) in [6.07, 6.45) is 1.83. The monoisotopic (exact) mass is 678 g/mol. The van der Waals surface area contributed by atoms with Gasteiger partial charge in [0.1, 0.15) is 11.5 Å². The van der Waals surface area contributed by atoms with Crippen LogP contribution in [-0.4, -0.2) is 78.9 Å². The standard InChI is InChI=1S/C33H38N6O6S2/c1-5-37(6-2)47(42,43)26-16-13-24(14-17-26)32(41)34-21-30-35-36-33(39(30)28-20-25(44-3)15-18-29(28)45-4)46-22-31(40)38-19-9-11-23-10-7-8-12-27(23)38/h7-8,10,12-18,20H,5-6,9,11,19,21-22H2,1-4H3,(H,34,41). The van der Waals surface area contributed by atoms with Gasteiger partial charge >= 0.3 is 0 Å². The number of benzene rings is 3. The van der Waals surface area contributed by atoms with Crippen LogP contribution in [0.2, 0.25) is 0 Å². The molecule has 0 saturated carbocycles. The van der Waals surface area contributed by atoms with E-state index in [2.05, 4.69) is 21.6 Å². The zero-order valence-electron chi connectivity index (χ0n) is 26.8. The molecule has 3 aromatic carbocycles. The molecule has 0 unspecified atom stereocenters. The molecule has 2 amide bonds. The van der Waals surface area contributed by atoms with Crippen molar-refractivity contribution in [3.05, 3.63) is 83.7 Å². The fourth-order valence-corrected chi connectivity index (χ4v) is 7.77. The number of sulfonamides is 1. The molecule has 5 rings (SSSR count). The van der Waals surface area contributed by atoms with Crippen LogP contribution in [0.5, 0.6) is 11.5 Å². The molecule has 1 aliphatic rings. The van der Waals surface area contributed by atoms with Crippen molar-refractivity contribution in [2.24, 2.45) is 0 Å². The Hall–Kier alpha value is -4.40. The minimum Gasteiger partial charge on any atom is -0.497 e. The lowest BCUT2D eigenvalue weighted by molar-refractivity contribution is -0.116. The Balaban J connectivity index is 1.38. The van der Waals surface area contributed by atoms with E-state index in [1.807, 2.05) is 23.1 Å². The number of ether oxygens (including phenoxy) is 2. The summed E-state index contributed by atoms with van der Waals surface area (Å²) in [5.41, 5.74) is 2.95. The smallest absolute Gasteiger partial charge is 0.251 e. The van der Waals surface area contributed by atoms with Gasteiger partial charge in [0, 0.05) is 37.0 Å². The maximum Gasteiger partial charge on any atom is 0.251 e. The fraction of sp³-hybridized carbons (Fsp3) is 0.333. The van der Waals surface area contributed by atoms with Gasteiger partial charge in [-0.2, -0.15) is 4.31 Å². The lowest BCUT2D eigenvalue weighted by Gasteiger charge is -2.29. The second kappa shape index (κ2) is 15.0. The molecule has 4 aromatic rings. The number of methoxy groups -OCH3 is 2. The molecule has 248 valence electrons. The van der Waals surface area contributed by atoms with Crippen LogP contribution in [0.15, 0.2) is 76.8 Å². The van der Waals surface area contributed by atoms with Gasteiger partial charge in [-0.05, 0) is 60.9 Å². The van der Waals surface area contributed by atoms with Crippen molar-refractivity contribution < 1.29 is 27.5 Å². The van der Waals surface area contributed by atoms with E-state index < -0.39 is 15.9 Å². The maximum atomic E-state index is 13.4. The van der Waals surface area contributed by atoms with Crippen molar-refractivity contribution >= 4 is 39.3 Å². The van der Waals surface area contributed by atoms with Crippen LogP contribution in [0.25, 0.3) is 5.69 Å². The molecule has 1 aromatic heterocycles. The highest BCUT2D eigenvalue weighted by Crippen LogP contribution is 2.33. The largest absolute Gasteiger partial charge is 0.497 e. The number of aryl methyl sites for hydroxylation is 1. The molecular formula is C33H38N6O6S2. The topological polar surface area (TPSA) is 136 Å². The van der Waals surface area contributed by atoms with Gasteiger partial charge in [0.05, 0.1) is 37.1 Å². The summed E-state index contributed by atoms with van der Waals surface area (Å²) in [6.45, 7) is 4.88. The van der Waals surface area contributed by atoms with Gasteiger partial charge in [-0.3, -0.25) is 14.2 Å². The molecule has 0 bridgehead atoms. The SMILES string of the molecule is CCN(CC)S(=O)(=O)c1ccc(C(=O)NCc2nnc(SCC(=O)N3CCCc4ccccc43)n2-c2cc(OC)ccc2OC)cc1. The highest BCUT2D eigenvalue weighted by Gasteiger charge is 2.25. The summed E-state index contributed by atoms with van der Waals surface area (Å²) in [4.78, 5) is 28.5. The molecule has 2 heterocycles. The van der Waals surface area contributed by atoms with Gasteiger partial charge in [-0.15, -0.1) is 10.2 Å². The van der Waals surface area contributed by atoms with Crippen molar-refractivity contribution in [2.75, 3.05) is 44.5 Å². The summed E-state index contributed by atoms with van der Waals surface area (Å²) < 4.78 is 39.9. The average Bonchev–Trinajstić information content (AvgIpc) is 3.51. The molecule has 1 N–H and O–H groups in total. The number of anilines is 1. The van der Waals surface area contributed by atoms with Crippen LogP contribution in [0.4, 0.5) is 5.69 Å². The number of fused-ring (bicyclic) bond motifs is 1. The first-order valence-corrected chi connectivity index (χ1v) is 17.7. The quantitative estimate of drug-likeness (QED) is 0.205. The molecule has 0 atom stereocenters. The maximum absolute atomic E-state index is 13.4. The molecule has 1 aliphatic heterocycles. The zero-order chi connectivity index (χ0) is 33.6. The molecule has 47 heavy (non-hydrogen) atoms. The highest BCUT2D eigenvalue weighted by atomic mass is 32.2. The Morgan fingerprint density at radius 2 is 1.70 bits per heavy atom. The second-order valence-corrected chi connectivity index (χ2v) is 13.5. The van der Waals surface area contributed by atoms with E-state index in [0.29, 0.717) is 47.8 Å². The van der Waals surface area contributed by atoms with E-state index >= 15 is 0 Å². The number of aromatic nitrogens is 3. The molecule has 0 fully saturated rings. The highest BCUT2D eigenvalue weighted by molar-refractivity contribution is 7.99. The summed E-state index contributed by atoms with van der Waals surface area (Å²) in [5.74, 6) is 1.13. The van der Waals surface area contributed by atoms with Gasteiger partial charge < -0.3 is 19.7 Å². The molecule has 0 radical (unpaired) electrons. The van der Waals surface area contributed by atoms with Crippen molar-refractivity contribution in [1.82, 2.24) is 24.4 Å². The summed E-state index contributed by atoms with van der Waals surface area (Å²) in [7, 11) is -0.545. The van der Waals surface area contributed by atoms with E-state index in [-0.39, 0.29) is 28.7 Å². The van der Waals surface area contributed by atoms with Gasteiger partial charge in [0.15, 0.2) is 11.0 Å². The number of hydrogen-bond acceptors (Lipinski definition) is 9. The third-order valence-electron chi connectivity index (χ3n) is 7.93. The Kier molecular flexibility index (Phi) is 10.8. The molecular weight excluding hydrogens is 641 g/mol. The lowest BCUT2D eigenvalue weighted by atomic mass is 10.0. The van der Waals surface area contributed by atoms with Gasteiger partial charge in [0.25, 0.3) is 5.91 Å². The number of amides is 2. The minimum atomic E-state index is -3.65. The number of carbonyl (C=O) groups is 2. The number of para-hydroxylation sites is 1. The first kappa shape index (κ1) is 33.9. The lowest BCUT2D eigenvalue weighted by Crippen LogP contribution is -2.36. The van der Waals surface area contributed by atoms with E-state index in [4.69, 9.17) is 9.47 Å². The van der Waals surface area contributed by atoms with Crippen LogP contribution in [0, 0.1) is 0 Å². The average molecular weight is 679 g/mol. The van der Waals surface area contributed by atoms with Crippen molar-refractivity contribution in [3.8, 4) is 17.2 Å². The van der Waals surface area contributed by atoms with Crippen molar-refractivity contribution in [1.29, 1.82) is 0 Å². The number of hydrogen-bond donors (Lipinski definition) is 1. The molecule has 0 aliphatic carbocycles. The fourth-order valence-electron chi connectivity index (χ4n) is 5.47. The Bertz CT molecular complexity index is 1840. The van der Waals surface area contributed by atoms with E-state index in [1.165, 1.54) is 40.3 Å². The summed E-state index contributed by atoms with van der Waals surface area (Å²) in [5, 5.41) is 12.1. The number of nitrogens with zero attached hydrogens (tertiary/aromatic N) is 5. The summed E-state index contributed by atoms with van der Waals surface area (Å²) in [6, 6.07) is 19.1. The van der Waals surface area contributed by atoms with Gasteiger partial charge in [0.2, 0.25) is 15.9 Å². The summed E-state index contributed by atoms with van der Waals surface area (Å²) >= 11 is 1.24. The predicted octanol–water partition coefficient (Wildman–Crippen LogP) is 4.32. The van der Waals surface area contributed by atoms with E-state index in [1.54, 1.807) is 50.8 Å². The first-order chi connectivity index (χ1) is 22.7. The Morgan fingerprint density at radius 1 is 0.957 bits per heavy atom. The van der Waals surface area contributed by atoms with Crippen LogP contribution in [-0.2, 0) is 27.8 Å². The van der Waals surface area contributed by atoms with Crippen LogP contribution >= 0.6 is 11.8 Å². The number of carbonyl (C=O) groups excluding carboxylic acids is 2. The molecule has 12 nitrogen and oxygen atoms in total. The number of rotatable bonds is 13. The van der Waals surface area contributed by atoms with Crippen molar-refractivity contribution in [2.45, 2.75) is 43.3 Å². The normalized spacial score (nSPS) is 12.9. The minimum absolute atomic E-state index is 0.0142. The zero-order valence-corrected chi connectivity index (χ0v) is 28.4. The van der Waals surface area contributed by atoms with Gasteiger partial charge in [-0.25, -0.2) is 8.42 Å². The number of nitrogens with one attached hydrogen (secondary N) is 1. The van der Waals surface area contributed by atoms with Crippen LogP contribution in [0.3, 0.4) is 0 Å². The third-order valence-corrected chi connectivity index (χ3v) is 10.9. The predicted molar refractivity (Wildman–Crippen MR) is 180 cm³/mol. The van der Waals surface area contributed by atoms with Crippen molar-refractivity contribution in [3.63, 3.8) is 0 Å². The van der Waals surface area contributed by atoms with Crippen LogP contribution < -0.4 is 19.7 Å². The second-order valence-electron chi connectivity index (χ2n) is 10.6. The Morgan fingerprint density at radius 3 is 2.40 bits per heavy atom.